The van der Waals surface area contributed by atoms with Gasteiger partial charge in [0.05, 0.1) is 5.37 Å². The largest absolute Gasteiger partial charge is 0.242 e. The lowest BCUT2D eigenvalue weighted by Crippen LogP contribution is -2.50. The number of hydrazine groups is 1. The van der Waals surface area contributed by atoms with Crippen molar-refractivity contribution in [1.82, 2.24) is 10.4 Å². The normalized spacial score (nSPS) is 29.4. The van der Waals surface area contributed by atoms with E-state index in [0.29, 0.717) is 11.4 Å². The Kier molecular flexibility index (Phi) is 3.01. The van der Waals surface area contributed by atoms with Crippen LogP contribution in [-0.2, 0) is 0 Å². The molecule has 0 aromatic heterocycles. The summed E-state index contributed by atoms with van der Waals surface area (Å²) in [5.74, 6) is 1.26. The molecule has 60 valence electrons. The van der Waals surface area contributed by atoms with Crippen LogP contribution in [0.4, 0.5) is 0 Å². The molecular weight excluding hydrogens is 144 g/mol. The fourth-order valence-electron chi connectivity index (χ4n) is 1.07. The summed E-state index contributed by atoms with van der Waals surface area (Å²) in [6.45, 7) is 7.82. The van der Waals surface area contributed by atoms with E-state index in [-0.39, 0.29) is 0 Å². The molecule has 1 aliphatic heterocycles. The molecule has 1 atom stereocenters. The first-order valence-corrected chi connectivity index (χ1v) is 4.89. The van der Waals surface area contributed by atoms with Gasteiger partial charge in [-0.05, 0) is 20.8 Å². The minimum atomic E-state index is 0.594. The van der Waals surface area contributed by atoms with E-state index >= 15 is 0 Å². The summed E-state index contributed by atoms with van der Waals surface area (Å²) >= 11 is 1.99. The zero-order valence-electron chi connectivity index (χ0n) is 6.92. The van der Waals surface area contributed by atoms with E-state index < -0.39 is 0 Å². The van der Waals surface area contributed by atoms with Crippen LogP contribution in [-0.4, -0.2) is 28.7 Å². The third kappa shape index (κ3) is 2.15. The fraction of sp³-hybridized carbons (Fsp3) is 1.00. The molecule has 1 aliphatic rings. The maximum absolute atomic E-state index is 3.41. The summed E-state index contributed by atoms with van der Waals surface area (Å²) in [6, 6.07) is 0.628. The smallest absolute Gasteiger partial charge is 0.0640 e. The highest BCUT2D eigenvalue weighted by Crippen LogP contribution is 2.14. The van der Waals surface area contributed by atoms with Gasteiger partial charge in [-0.15, -0.1) is 11.8 Å². The van der Waals surface area contributed by atoms with Crippen molar-refractivity contribution in [2.24, 2.45) is 0 Å². The number of hydrogen-bond donors (Lipinski definition) is 1. The van der Waals surface area contributed by atoms with E-state index in [0.717, 1.165) is 0 Å². The van der Waals surface area contributed by atoms with Gasteiger partial charge < -0.3 is 0 Å². The Morgan fingerprint density at radius 1 is 1.60 bits per heavy atom. The lowest BCUT2D eigenvalue weighted by molar-refractivity contribution is 0.144. The lowest BCUT2D eigenvalue weighted by Gasteiger charge is -2.34. The van der Waals surface area contributed by atoms with Crippen LogP contribution < -0.4 is 5.43 Å². The van der Waals surface area contributed by atoms with Gasteiger partial charge in [0.15, 0.2) is 0 Å². The van der Waals surface area contributed by atoms with Gasteiger partial charge in [0.25, 0.3) is 0 Å². The Morgan fingerprint density at radius 3 is 2.70 bits per heavy atom. The van der Waals surface area contributed by atoms with Crippen LogP contribution in [0.3, 0.4) is 0 Å². The second-order valence-corrected chi connectivity index (χ2v) is 4.38. The lowest BCUT2D eigenvalue weighted by atomic mass is 10.4. The molecule has 0 radical (unpaired) electrons. The Hall–Kier alpha value is 0.270. The van der Waals surface area contributed by atoms with Gasteiger partial charge in [0.1, 0.15) is 0 Å². The summed E-state index contributed by atoms with van der Waals surface area (Å²) in [6.07, 6.45) is 0. The SMILES string of the molecule is CC1NN(C(C)C)CCS1. The van der Waals surface area contributed by atoms with Crippen molar-refractivity contribution >= 4 is 11.8 Å². The first kappa shape index (κ1) is 8.37. The number of nitrogens with one attached hydrogen (secondary N) is 1. The Balaban J connectivity index is 2.32. The minimum absolute atomic E-state index is 0.594. The highest BCUT2D eigenvalue weighted by atomic mass is 32.2. The van der Waals surface area contributed by atoms with Crippen LogP contribution >= 0.6 is 11.8 Å². The Labute approximate surface area is 67.3 Å². The summed E-state index contributed by atoms with van der Waals surface area (Å²) < 4.78 is 0. The van der Waals surface area contributed by atoms with E-state index in [4.69, 9.17) is 0 Å². The molecule has 1 unspecified atom stereocenters. The molecule has 0 bridgehead atoms. The number of rotatable bonds is 1. The van der Waals surface area contributed by atoms with Crippen LogP contribution in [0.25, 0.3) is 0 Å². The van der Waals surface area contributed by atoms with Crippen molar-refractivity contribution in [2.75, 3.05) is 12.3 Å². The summed E-state index contributed by atoms with van der Waals surface area (Å²) in [4.78, 5) is 0. The van der Waals surface area contributed by atoms with Gasteiger partial charge in [-0.2, -0.15) is 0 Å². The van der Waals surface area contributed by atoms with Crippen LogP contribution in [0, 0.1) is 0 Å². The topological polar surface area (TPSA) is 15.3 Å². The molecule has 1 rings (SSSR count). The molecule has 1 fully saturated rings. The van der Waals surface area contributed by atoms with E-state index in [1.54, 1.807) is 0 Å². The van der Waals surface area contributed by atoms with Crippen molar-refractivity contribution in [3.05, 3.63) is 0 Å². The standard InChI is InChI=1S/C7H16N2S/c1-6(2)9-4-5-10-7(3)8-9/h6-8H,4-5H2,1-3H3. The maximum atomic E-state index is 3.41. The molecule has 0 aromatic rings. The third-order valence-electron chi connectivity index (χ3n) is 1.67. The molecule has 1 N–H and O–H groups in total. The maximum Gasteiger partial charge on any atom is 0.0640 e. The zero-order chi connectivity index (χ0) is 7.56. The Bertz CT molecular complexity index is 106. The molecule has 0 aromatic carbocycles. The molecule has 1 heterocycles. The van der Waals surface area contributed by atoms with Crippen molar-refractivity contribution in [3.8, 4) is 0 Å². The van der Waals surface area contributed by atoms with Gasteiger partial charge in [-0.3, -0.25) is 0 Å². The summed E-state index contributed by atoms with van der Waals surface area (Å²) in [5.41, 5.74) is 3.41. The molecule has 10 heavy (non-hydrogen) atoms. The van der Waals surface area contributed by atoms with Crippen LogP contribution in [0.2, 0.25) is 0 Å². The van der Waals surface area contributed by atoms with E-state index in [1.807, 2.05) is 11.8 Å². The van der Waals surface area contributed by atoms with Crippen LogP contribution in [0.5, 0.6) is 0 Å². The summed E-state index contributed by atoms with van der Waals surface area (Å²) in [7, 11) is 0. The molecule has 1 saturated heterocycles. The molecule has 0 amide bonds. The van der Waals surface area contributed by atoms with Gasteiger partial charge in [0, 0.05) is 18.3 Å². The van der Waals surface area contributed by atoms with Crippen molar-refractivity contribution in [3.63, 3.8) is 0 Å². The first-order chi connectivity index (χ1) is 4.70. The summed E-state index contributed by atoms with van der Waals surface area (Å²) in [5, 5.41) is 2.90. The quantitative estimate of drug-likeness (QED) is 0.622. The minimum Gasteiger partial charge on any atom is -0.242 e. The zero-order valence-corrected chi connectivity index (χ0v) is 7.74. The monoisotopic (exact) mass is 160 g/mol. The third-order valence-corrected chi connectivity index (χ3v) is 2.69. The number of thioether (sulfide) groups is 1. The van der Waals surface area contributed by atoms with E-state index in [9.17, 15) is 0 Å². The van der Waals surface area contributed by atoms with Crippen LogP contribution in [0.1, 0.15) is 20.8 Å². The van der Waals surface area contributed by atoms with Gasteiger partial charge >= 0.3 is 0 Å². The van der Waals surface area contributed by atoms with Gasteiger partial charge in [0.2, 0.25) is 0 Å². The van der Waals surface area contributed by atoms with Gasteiger partial charge in [-0.25, -0.2) is 10.4 Å². The predicted octanol–water partition coefficient (Wildman–Crippen LogP) is 1.29. The predicted molar refractivity (Wildman–Crippen MR) is 46.9 cm³/mol. The van der Waals surface area contributed by atoms with Gasteiger partial charge in [-0.1, -0.05) is 0 Å². The average Bonchev–Trinajstić information content (AvgIpc) is 1.88. The van der Waals surface area contributed by atoms with E-state index in [2.05, 4.69) is 31.2 Å². The van der Waals surface area contributed by atoms with Crippen LogP contribution in [0.15, 0.2) is 0 Å². The van der Waals surface area contributed by atoms with E-state index in [1.165, 1.54) is 12.3 Å². The van der Waals surface area contributed by atoms with Crippen molar-refractivity contribution < 1.29 is 0 Å². The second kappa shape index (κ2) is 3.60. The molecule has 2 nitrogen and oxygen atoms in total. The first-order valence-electron chi connectivity index (χ1n) is 3.84. The Morgan fingerprint density at radius 2 is 2.30 bits per heavy atom. The molecule has 0 saturated carbocycles. The molecular formula is C7H16N2S. The molecule has 0 spiro atoms. The fourth-order valence-corrected chi connectivity index (χ4v) is 1.94. The average molecular weight is 160 g/mol. The number of hydrogen-bond acceptors (Lipinski definition) is 3. The number of nitrogens with zero attached hydrogens (tertiary/aromatic N) is 1. The molecule has 0 aliphatic carbocycles. The molecule has 3 heteroatoms. The second-order valence-electron chi connectivity index (χ2n) is 2.93. The highest BCUT2D eigenvalue weighted by Gasteiger charge is 2.16. The van der Waals surface area contributed by atoms with Crippen molar-refractivity contribution in [1.29, 1.82) is 0 Å². The highest BCUT2D eigenvalue weighted by molar-refractivity contribution is 7.99. The van der Waals surface area contributed by atoms with Crippen molar-refractivity contribution in [2.45, 2.75) is 32.2 Å².